The van der Waals surface area contributed by atoms with Crippen LogP contribution < -0.4 is 9.64 Å². The van der Waals surface area contributed by atoms with E-state index in [0.717, 1.165) is 55.1 Å². The first-order valence-corrected chi connectivity index (χ1v) is 13.7. The van der Waals surface area contributed by atoms with E-state index in [1.807, 2.05) is 52.2 Å². The lowest BCUT2D eigenvalue weighted by atomic mass is 9.82. The van der Waals surface area contributed by atoms with E-state index in [0.29, 0.717) is 23.7 Å². The van der Waals surface area contributed by atoms with Crippen LogP contribution in [-0.2, 0) is 9.53 Å². The normalized spacial score (nSPS) is 18.8. The first-order chi connectivity index (χ1) is 17.4. The topological polar surface area (TPSA) is 84.8 Å². The van der Waals surface area contributed by atoms with Crippen LogP contribution in [0.2, 0.25) is 0 Å². The van der Waals surface area contributed by atoms with Gasteiger partial charge in [-0.3, -0.25) is 4.98 Å². The first kappa shape index (κ1) is 27.4. The van der Waals surface area contributed by atoms with Gasteiger partial charge in [0.25, 0.3) is 0 Å². The molecular weight excluding hydrogens is 466 g/mol. The summed E-state index contributed by atoms with van der Waals surface area (Å²) in [6.45, 7) is 14.5. The maximum absolute atomic E-state index is 12.5. The Bertz CT molecular complexity index is 1080. The van der Waals surface area contributed by atoms with Crippen LogP contribution in [0.4, 0.5) is 5.69 Å². The minimum absolute atomic E-state index is 0.257. The highest BCUT2D eigenvalue weighted by Gasteiger charge is 2.35. The summed E-state index contributed by atoms with van der Waals surface area (Å²) in [5.41, 5.74) is 3.57. The maximum atomic E-state index is 12.5. The van der Waals surface area contributed by atoms with E-state index < -0.39 is 17.7 Å². The van der Waals surface area contributed by atoms with Crippen molar-refractivity contribution in [3.8, 4) is 17.0 Å². The Balaban J connectivity index is 1.71. The second-order valence-corrected chi connectivity index (χ2v) is 12.4. The highest BCUT2D eigenvalue weighted by molar-refractivity contribution is 5.86. The summed E-state index contributed by atoms with van der Waals surface area (Å²) < 4.78 is 12.0. The molecule has 2 aliphatic rings. The van der Waals surface area contributed by atoms with E-state index in [2.05, 4.69) is 28.7 Å². The van der Waals surface area contributed by atoms with Crippen LogP contribution in [0.3, 0.4) is 0 Å². The van der Waals surface area contributed by atoms with Gasteiger partial charge in [0.1, 0.15) is 0 Å². The van der Waals surface area contributed by atoms with Gasteiger partial charge in [0.15, 0.2) is 6.10 Å². The summed E-state index contributed by atoms with van der Waals surface area (Å²) in [4.78, 5) is 24.1. The van der Waals surface area contributed by atoms with Gasteiger partial charge in [-0.05, 0) is 64.4 Å². The van der Waals surface area contributed by atoms with Crippen LogP contribution >= 0.6 is 0 Å². The molecule has 0 amide bonds. The largest absolute Gasteiger partial charge is 0.479 e. The fourth-order valence-electron chi connectivity index (χ4n) is 5.13. The molecule has 7 nitrogen and oxygen atoms in total. The Morgan fingerprint density at radius 1 is 1.16 bits per heavy atom. The maximum Gasteiger partial charge on any atom is 0.337 e. The smallest absolute Gasteiger partial charge is 0.337 e. The lowest BCUT2D eigenvalue weighted by molar-refractivity contribution is -0.160. The third-order valence-corrected chi connectivity index (χ3v) is 7.73. The molecule has 1 N–H and O–H groups in total. The van der Waals surface area contributed by atoms with Crippen LogP contribution in [0.1, 0.15) is 90.5 Å². The molecule has 0 spiro atoms. The average Bonchev–Trinajstić information content (AvgIpc) is 2.79. The monoisotopic (exact) mass is 509 g/mol. The molecule has 0 aromatic carbocycles. The number of nitrogens with zero attached hydrogens (tertiary/aromatic N) is 3. The highest BCUT2D eigenvalue weighted by Crippen LogP contribution is 2.43. The number of aliphatic carboxylic acids is 1. The van der Waals surface area contributed by atoms with Gasteiger partial charge in [0.2, 0.25) is 5.88 Å². The molecule has 202 valence electrons. The van der Waals surface area contributed by atoms with Crippen LogP contribution in [0.15, 0.2) is 24.5 Å². The van der Waals surface area contributed by atoms with Crippen molar-refractivity contribution in [1.82, 2.24) is 9.97 Å². The lowest BCUT2D eigenvalue weighted by Gasteiger charge is -2.40. The Labute approximate surface area is 221 Å². The van der Waals surface area contributed by atoms with Crippen molar-refractivity contribution >= 4 is 11.7 Å². The molecule has 1 saturated heterocycles. The number of hydrogen-bond acceptors (Lipinski definition) is 6. The van der Waals surface area contributed by atoms with Crippen LogP contribution in [-0.4, -0.2) is 46.3 Å². The summed E-state index contributed by atoms with van der Waals surface area (Å²) in [5, 5.41) is 10.3. The Hall–Kier alpha value is -2.67. The van der Waals surface area contributed by atoms with Gasteiger partial charge < -0.3 is 19.5 Å². The quantitative estimate of drug-likeness (QED) is 0.408. The molecule has 1 saturated carbocycles. The fourth-order valence-corrected chi connectivity index (χ4v) is 5.13. The molecule has 0 unspecified atom stereocenters. The van der Waals surface area contributed by atoms with E-state index in [1.54, 1.807) is 0 Å². The molecule has 0 radical (unpaired) electrons. The molecule has 4 rings (SSSR count). The zero-order valence-corrected chi connectivity index (χ0v) is 23.3. The molecule has 2 aromatic heterocycles. The van der Waals surface area contributed by atoms with Crippen molar-refractivity contribution < 1.29 is 19.4 Å². The number of pyridine rings is 2. The second-order valence-electron chi connectivity index (χ2n) is 12.4. The van der Waals surface area contributed by atoms with Crippen molar-refractivity contribution in [1.29, 1.82) is 0 Å². The SMILES string of the molecule is Cc1ncc(-c2ccc(OCCC3CCC3)nc2)c(N2CCC(C)(C)CC2)c1[C@H](OC(C)(C)C)C(=O)O. The molecule has 37 heavy (non-hydrogen) atoms. The number of carboxylic acid groups (broad SMARTS) is 1. The summed E-state index contributed by atoms with van der Waals surface area (Å²) >= 11 is 0. The predicted octanol–water partition coefficient (Wildman–Crippen LogP) is 6.59. The molecule has 7 heteroatoms. The fraction of sp³-hybridized carbons (Fsp3) is 0.633. The van der Waals surface area contributed by atoms with Crippen molar-refractivity contribution in [3.05, 3.63) is 35.8 Å². The highest BCUT2D eigenvalue weighted by atomic mass is 16.5. The average molecular weight is 510 g/mol. The molecule has 2 aromatic rings. The molecule has 1 atom stereocenters. The van der Waals surface area contributed by atoms with E-state index in [1.165, 1.54) is 19.3 Å². The van der Waals surface area contributed by atoms with E-state index in [9.17, 15) is 9.90 Å². The van der Waals surface area contributed by atoms with Crippen molar-refractivity contribution in [2.75, 3.05) is 24.6 Å². The van der Waals surface area contributed by atoms with Crippen LogP contribution in [0, 0.1) is 18.3 Å². The van der Waals surface area contributed by atoms with Crippen molar-refractivity contribution in [3.63, 3.8) is 0 Å². The number of aromatic nitrogens is 2. The van der Waals surface area contributed by atoms with E-state index in [4.69, 9.17) is 9.47 Å². The third kappa shape index (κ3) is 6.81. The number of piperidine rings is 1. The van der Waals surface area contributed by atoms with E-state index in [-0.39, 0.29) is 5.41 Å². The van der Waals surface area contributed by atoms with Gasteiger partial charge in [-0.25, -0.2) is 9.78 Å². The van der Waals surface area contributed by atoms with Crippen molar-refractivity contribution in [2.24, 2.45) is 11.3 Å². The summed E-state index contributed by atoms with van der Waals surface area (Å²) in [5.74, 6) is 0.402. The molecule has 3 heterocycles. The number of aryl methyl sites for hydroxylation is 1. The van der Waals surface area contributed by atoms with Crippen molar-refractivity contribution in [2.45, 2.75) is 91.8 Å². The van der Waals surface area contributed by atoms with Crippen LogP contribution in [0.5, 0.6) is 5.88 Å². The van der Waals surface area contributed by atoms with Gasteiger partial charge in [-0.1, -0.05) is 33.1 Å². The third-order valence-electron chi connectivity index (χ3n) is 7.73. The lowest BCUT2D eigenvalue weighted by Crippen LogP contribution is -2.39. The minimum atomic E-state index is -1.13. The molecule has 1 aliphatic carbocycles. The van der Waals surface area contributed by atoms with Gasteiger partial charge in [0.05, 0.1) is 17.9 Å². The number of carboxylic acids is 1. The number of hydrogen-bond donors (Lipinski definition) is 1. The van der Waals surface area contributed by atoms with E-state index >= 15 is 0 Å². The summed E-state index contributed by atoms with van der Waals surface area (Å²) in [7, 11) is 0. The second kappa shape index (κ2) is 11.0. The number of rotatable bonds is 9. The summed E-state index contributed by atoms with van der Waals surface area (Å²) in [6, 6.07) is 3.90. The minimum Gasteiger partial charge on any atom is -0.479 e. The van der Waals surface area contributed by atoms with Gasteiger partial charge in [-0.15, -0.1) is 0 Å². The molecule has 2 fully saturated rings. The number of carbonyl (C=O) groups is 1. The molecular formula is C30H43N3O4. The number of anilines is 1. The molecule has 1 aliphatic heterocycles. The Morgan fingerprint density at radius 2 is 1.86 bits per heavy atom. The van der Waals surface area contributed by atoms with Gasteiger partial charge >= 0.3 is 5.97 Å². The van der Waals surface area contributed by atoms with Crippen LogP contribution in [0.25, 0.3) is 11.1 Å². The molecule has 0 bridgehead atoms. The number of ether oxygens (including phenoxy) is 2. The first-order valence-electron chi connectivity index (χ1n) is 13.7. The standard InChI is InChI=1S/C30H43N3O4/c1-20-25(27(28(34)35)37-29(2,3)4)26(33-15-13-30(5,6)14-16-33)23(19-31-20)22-10-11-24(32-18-22)36-17-12-21-8-7-9-21/h10-11,18-19,21,27H,7-9,12-17H2,1-6H3,(H,34,35)/t27-/m0/s1. The zero-order chi connectivity index (χ0) is 26.8. The Kier molecular flexibility index (Phi) is 8.12. The zero-order valence-electron chi connectivity index (χ0n) is 23.3. The Morgan fingerprint density at radius 3 is 2.41 bits per heavy atom. The van der Waals surface area contributed by atoms with Gasteiger partial charge in [0, 0.05) is 53.9 Å². The van der Waals surface area contributed by atoms with Gasteiger partial charge in [-0.2, -0.15) is 0 Å². The summed E-state index contributed by atoms with van der Waals surface area (Å²) in [6.07, 6.45) is 9.62. The predicted molar refractivity (Wildman–Crippen MR) is 146 cm³/mol.